The fourth-order valence-electron chi connectivity index (χ4n) is 2.50. The third-order valence-corrected chi connectivity index (χ3v) is 3.31. The first-order valence-corrected chi connectivity index (χ1v) is 5.53. The molecule has 0 amide bonds. The van der Waals surface area contributed by atoms with Crippen molar-refractivity contribution >= 4 is 0 Å². The zero-order valence-electron chi connectivity index (χ0n) is 9.33. The molecule has 0 bridgehead atoms. The molecule has 1 nitrogen and oxygen atoms in total. The van der Waals surface area contributed by atoms with E-state index in [4.69, 9.17) is 0 Å². The molecule has 2 rings (SSSR count). The van der Waals surface area contributed by atoms with Gasteiger partial charge in [0, 0.05) is 18.6 Å². The highest BCUT2D eigenvalue weighted by molar-refractivity contribution is 5.32. The molecule has 1 heteroatoms. The second-order valence-corrected chi connectivity index (χ2v) is 4.46. The van der Waals surface area contributed by atoms with Crippen LogP contribution in [0, 0.1) is 0 Å². The summed E-state index contributed by atoms with van der Waals surface area (Å²) in [5, 5.41) is 0. The monoisotopic (exact) mass is 189 g/mol. The summed E-state index contributed by atoms with van der Waals surface area (Å²) < 4.78 is 0. The van der Waals surface area contributed by atoms with Gasteiger partial charge in [-0.1, -0.05) is 24.3 Å². The van der Waals surface area contributed by atoms with E-state index in [9.17, 15) is 0 Å². The van der Waals surface area contributed by atoms with E-state index in [1.807, 2.05) is 0 Å². The van der Waals surface area contributed by atoms with Gasteiger partial charge in [0.1, 0.15) is 0 Å². The van der Waals surface area contributed by atoms with E-state index in [-0.39, 0.29) is 0 Å². The van der Waals surface area contributed by atoms with Crippen molar-refractivity contribution in [1.29, 1.82) is 0 Å². The molecule has 1 atom stereocenters. The Bertz CT molecular complexity index is 317. The van der Waals surface area contributed by atoms with Crippen molar-refractivity contribution in [3.05, 3.63) is 35.4 Å². The maximum atomic E-state index is 2.57. The fourth-order valence-corrected chi connectivity index (χ4v) is 2.50. The van der Waals surface area contributed by atoms with Gasteiger partial charge in [-0.3, -0.25) is 4.90 Å². The lowest BCUT2D eigenvalue weighted by atomic mass is 9.93. The second-order valence-electron chi connectivity index (χ2n) is 4.46. The van der Waals surface area contributed by atoms with Gasteiger partial charge in [0.05, 0.1) is 0 Å². The highest BCUT2D eigenvalue weighted by atomic mass is 15.2. The largest absolute Gasteiger partial charge is 0.294 e. The van der Waals surface area contributed by atoms with E-state index in [2.05, 4.69) is 49.9 Å². The van der Waals surface area contributed by atoms with Gasteiger partial charge in [0.2, 0.25) is 0 Å². The van der Waals surface area contributed by atoms with Crippen LogP contribution in [0.2, 0.25) is 0 Å². The van der Waals surface area contributed by atoms with Crippen molar-refractivity contribution in [2.45, 2.75) is 39.3 Å². The first kappa shape index (κ1) is 9.72. The summed E-state index contributed by atoms with van der Waals surface area (Å²) in [5.74, 6) is 0. The number of fused-ring (bicyclic) bond motifs is 1. The average molecular weight is 189 g/mol. The summed E-state index contributed by atoms with van der Waals surface area (Å²) >= 11 is 0. The first-order valence-electron chi connectivity index (χ1n) is 5.53. The van der Waals surface area contributed by atoms with Gasteiger partial charge >= 0.3 is 0 Å². The summed E-state index contributed by atoms with van der Waals surface area (Å²) in [4.78, 5) is 2.57. The van der Waals surface area contributed by atoms with Gasteiger partial charge < -0.3 is 0 Å². The highest BCUT2D eigenvalue weighted by Gasteiger charge is 2.24. The molecular formula is C13H19N. The Labute approximate surface area is 86.7 Å². The van der Waals surface area contributed by atoms with Gasteiger partial charge in [-0.05, 0) is 38.3 Å². The van der Waals surface area contributed by atoms with Crippen molar-refractivity contribution in [2.75, 3.05) is 6.54 Å². The Morgan fingerprint density at radius 2 is 2.00 bits per heavy atom. The minimum Gasteiger partial charge on any atom is -0.294 e. The molecule has 0 radical (unpaired) electrons. The number of hydrogen-bond acceptors (Lipinski definition) is 1. The Hall–Kier alpha value is -0.820. The van der Waals surface area contributed by atoms with Crippen LogP contribution < -0.4 is 0 Å². The predicted molar refractivity (Wildman–Crippen MR) is 60.4 cm³/mol. The van der Waals surface area contributed by atoms with E-state index < -0.39 is 0 Å². The van der Waals surface area contributed by atoms with Gasteiger partial charge in [0.25, 0.3) is 0 Å². The molecule has 0 spiro atoms. The van der Waals surface area contributed by atoms with Crippen LogP contribution in [0.15, 0.2) is 24.3 Å². The van der Waals surface area contributed by atoms with Crippen molar-refractivity contribution in [3.8, 4) is 0 Å². The Balaban J connectivity index is 2.31. The van der Waals surface area contributed by atoms with Crippen LogP contribution in [0.1, 0.15) is 37.9 Å². The Morgan fingerprint density at radius 1 is 1.29 bits per heavy atom. The van der Waals surface area contributed by atoms with E-state index >= 15 is 0 Å². The molecule has 0 saturated carbocycles. The molecule has 0 aliphatic carbocycles. The smallest absolute Gasteiger partial charge is 0.0325 e. The molecule has 0 saturated heterocycles. The molecule has 0 fully saturated rings. The van der Waals surface area contributed by atoms with E-state index in [0.29, 0.717) is 12.1 Å². The van der Waals surface area contributed by atoms with Crippen LogP contribution in [-0.2, 0) is 6.42 Å². The lowest BCUT2D eigenvalue weighted by molar-refractivity contribution is 0.154. The van der Waals surface area contributed by atoms with E-state index in [1.54, 1.807) is 0 Å². The normalized spacial score (nSPS) is 22.4. The molecular weight excluding hydrogens is 170 g/mol. The maximum absolute atomic E-state index is 2.57. The lowest BCUT2D eigenvalue weighted by Crippen LogP contribution is -2.38. The fraction of sp³-hybridized carbons (Fsp3) is 0.538. The van der Waals surface area contributed by atoms with Crippen LogP contribution in [-0.4, -0.2) is 17.5 Å². The van der Waals surface area contributed by atoms with Crippen LogP contribution in [0.25, 0.3) is 0 Å². The summed E-state index contributed by atoms with van der Waals surface area (Å²) in [6.45, 7) is 8.09. The summed E-state index contributed by atoms with van der Waals surface area (Å²) in [7, 11) is 0. The molecule has 76 valence electrons. The van der Waals surface area contributed by atoms with Crippen molar-refractivity contribution in [3.63, 3.8) is 0 Å². The first-order chi connectivity index (χ1) is 6.70. The number of hydrogen-bond donors (Lipinski definition) is 0. The average Bonchev–Trinajstić information content (AvgIpc) is 2.18. The summed E-state index contributed by atoms with van der Waals surface area (Å²) in [6.07, 6.45) is 1.21. The van der Waals surface area contributed by atoms with Gasteiger partial charge in [-0.2, -0.15) is 0 Å². The van der Waals surface area contributed by atoms with E-state index in [0.717, 1.165) is 0 Å². The molecule has 0 N–H and O–H groups in total. The number of nitrogens with zero attached hydrogens (tertiary/aromatic N) is 1. The zero-order chi connectivity index (χ0) is 10.1. The molecule has 0 aromatic heterocycles. The predicted octanol–water partition coefficient (Wildman–Crippen LogP) is 3.01. The highest BCUT2D eigenvalue weighted by Crippen LogP contribution is 2.30. The second kappa shape index (κ2) is 3.74. The van der Waals surface area contributed by atoms with Crippen LogP contribution in [0.5, 0.6) is 0 Å². The quantitative estimate of drug-likeness (QED) is 0.656. The topological polar surface area (TPSA) is 3.24 Å². The standard InChI is InChI=1S/C13H19N/c1-10(2)14-9-8-12-6-4-5-7-13(12)11(14)3/h4-7,10-11H,8-9H2,1-3H3/t11-/m0/s1. The molecule has 1 heterocycles. The van der Waals surface area contributed by atoms with Crippen LogP contribution in [0.3, 0.4) is 0 Å². The summed E-state index contributed by atoms with van der Waals surface area (Å²) in [6, 6.07) is 10.1. The lowest BCUT2D eigenvalue weighted by Gasteiger charge is -2.38. The third-order valence-electron chi connectivity index (χ3n) is 3.31. The van der Waals surface area contributed by atoms with E-state index in [1.165, 1.54) is 24.1 Å². The maximum Gasteiger partial charge on any atom is 0.0325 e. The van der Waals surface area contributed by atoms with Crippen LogP contribution >= 0.6 is 0 Å². The van der Waals surface area contributed by atoms with Crippen molar-refractivity contribution in [2.24, 2.45) is 0 Å². The number of rotatable bonds is 1. The molecule has 1 aromatic rings. The molecule has 1 aromatic carbocycles. The minimum atomic E-state index is 0.583. The summed E-state index contributed by atoms with van der Waals surface area (Å²) in [5.41, 5.74) is 3.06. The third kappa shape index (κ3) is 1.57. The van der Waals surface area contributed by atoms with Crippen molar-refractivity contribution in [1.82, 2.24) is 4.90 Å². The SMILES string of the molecule is CC(C)N1CCc2ccccc2[C@@H]1C. The van der Waals surface area contributed by atoms with Gasteiger partial charge in [-0.15, -0.1) is 0 Å². The molecule has 14 heavy (non-hydrogen) atoms. The van der Waals surface area contributed by atoms with Crippen LogP contribution in [0.4, 0.5) is 0 Å². The van der Waals surface area contributed by atoms with Gasteiger partial charge in [-0.25, -0.2) is 0 Å². The molecule has 0 unspecified atom stereocenters. The molecule has 1 aliphatic rings. The number of benzene rings is 1. The molecule has 1 aliphatic heterocycles. The van der Waals surface area contributed by atoms with Crippen molar-refractivity contribution < 1.29 is 0 Å². The minimum absolute atomic E-state index is 0.583. The Morgan fingerprint density at radius 3 is 2.71 bits per heavy atom. The Kier molecular flexibility index (Phi) is 2.60. The zero-order valence-corrected chi connectivity index (χ0v) is 9.33. The van der Waals surface area contributed by atoms with Gasteiger partial charge in [0.15, 0.2) is 0 Å².